The Hall–Kier alpha value is -2.14. The average molecular weight is 304 g/mol. The zero-order chi connectivity index (χ0) is 15.1. The van der Waals surface area contributed by atoms with E-state index in [1.165, 1.54) is 0 Å². The monoisotopic (exact) mass is 304 g/mol. The number of sulfone groups is 1. The molecule has 0 aliphatic carbocycles. The molecule has 0 saturated carbocycles. The van der Waals surface area contributed by atoms with Gasteiger partial charge >= 0.3 is 0 Å². The van der Waals surface area contributed by atoms with Crippen LogP contribution < -0.4 is 4.74 Å². The van der Waals surface area contributed by atoms with Gasteiger partial charge in [-0.2, -0.15) is 0 Å². The first-order valence-corrected chi connectivity index (χ1v) is 8.23. The van der Waals surface area contributed by atoms with Crippen LogP contribution in [0.2, 0.25) is 0 Å². The lowest BCUT2D eigenvalue weighted by atomic mass is 10.2. The molecule has 2 rings (SSSR count). The zero-order valence-corrected chi connectivity index (χ0v) is 12.3. The number of ether oxygens (including phenoxy) is 1. The number of rotatable bonds is 7. The summed E-state index contributed by atoms with van der Waals surface area (Å²) >= 11 is 0. The van der Waals surface area contributed by atoms with E-state index in [2.05, 4.69) is 0 Å². The van der Waals surface area contributed by atoms with Gasteiger partial charge in [0.25, 0.3) is 0 Å². The molecule has 0 bridgehead atoms. The summed E-state index contributed by atoms with van der Waals surface area (Å²) in [4.78, 5) is 10.8. The van der Waals surface area contributed by atoms with Gasteiger partial charge in [-0.1, -0.05) is 18.2 Å². The molecule has 0 saturated heterocycles. The van der Waals surface area contributed by atoms with Crippen molar-refractivity contribution in [3.05, 3.63) is 60.2 Å². The van der Waals surface area contributed by atoms with Gasteiger partial charge in [-0.05, 0) is 42.8 Å². The summed E-state index contributed by atoms with van der Waals surface area (Å²) in [7, 11) is -3.25. The lowest BCUT2D eigenvalue weighted by Gasteiger charge is -2.07. The molecule has 2 aromatic carbocycles. The summed E-state index contributed by atoms with van der Waals surface area (Å²) in [5, 5.41) is 0. The van der Waals surface area contributed by atoms with Crippen molar-refractivity contribution in [1.82, 2.24) is 0 Å². The Balaban J connectivity index is 1.83. The van der Waals surface area contributed by atoms with Gasteiger partial charge in [-0.15, -0.1) is 0 Å². The number of aldehydes is 1. The van der Waals surface area contributed by atoms with E-state index in [0.717, 1.165) is 6.29 Å². The Labute approximate surface area is 124 Å². The highest BCUT2D eigenvalue weighted by atomic mass is 32.2. The predicted molar refractivity (Wildman–Crippen MR) is 80.4 cm³/mol. The Morgan fingerprint density at radius 2 is 1.62 bits per heavy atom. The summed E-state index contributed by atoms with van der Waals surface area (Å²) in [6.07, 6.45) is 1.17. The van der Waals surface area contributed by atoms with Crippen molar-refractivity contribution in [2.75, 3.05) is 12.4 Å². The van der Waals surface area contributed by atoms with Crippen LogP contribution in [0.25, 0.3) is 0 Å². The van der Waals surface area contributed by atoms with Crippen LogP contribution in [0.1, 0.15) is 16.8 Å². The molecule has 0 unspecified atom stereocenters. The van der Waals surface area contributed by atoms with Gasteiger partial charge in [0.2, 0.25) is 0 Å². The van der Waals surface area contributed by atoms with Crippen molar-refractivity contribution in [3.8, 4) is 5.75 Å². The molecule has 0 heterocycles. The minimum Gasteiger partial charge on any atom is -0.494 e. The van der Waals surface area contributed by atoms with Crippen LogP contribution in [0.15, 0.2) is 59.5 Å². The van der Waals surface area contributed by atoms with Gasteiger partial charge < -0.3 is 4.74 Å². The van der Waals surface area contributed by atoms with E-state index < -0.39 is 9.84 Å². The maximum atomic E-state index is 12.0. The van der Waals surface area contributed by atoms with Gasteiger partial charge in [0.1, 0.15) is 12.0 Å². The van der Waals surface area contributed by atoms with Gasteiger partial charge in [0.05, 0.1) is 17.3 Å². The Morgan fingerprint density at radius 1 is 0.952 bits per heavy atom. The van der Waals surface area contributed by atoms with E-state index in [-0.39, 0.29) is 5.75 Å². The van der Waals surface area contributed by atoms with Gasteiger partial charge in [0, 0.05) is 5.56 Å². The van der Waals surface area contributed by atoms with Crippen molar-refractivity contribution >= 4 is 16.1 Å². The highest BCUT2D eigenvalue weighted by molar-refractivity contribution is 7.91. The Bertz CT molecular complexity index is 676. The first-order valence-electron chi connectivity index (χ1n) is 6.58. The molecule has 0 aliphatic rings. The molecule has 0 atom stereocenters. The fourth-order valence-electron chi connectivity index (χ4n) is 1.83. The minimum atomic E-state index is -3.25. The Morgan fingerprint density at radius 3 is 2.24 bits per heavy atom. The smallest absolute Gasteiger partial charge is 0.178 e. The fraction of sp³-hybridized carbons (Fsp3) is 0.188. The Kier molecular flexibility index (Phi) is 5.11. The molecule has 0 spiro atoms. The number of carbonyl (C=O) groups excluding carboxylic acids is 1. The first kappa shape index (κ1) is 15.3. The van der Waals surface area contributed by atoms with Gasteiger partial charge in [0.15, 0.2) is 9.84 Å². The summed E-state index contributed by atoms with van der Waals surface area (Å²) in [5.74, 6) is 0.668. The standard InChI is InChI=1S/C16H16O4S/c17-13-14-7-9-15(10-8-14)20-11-4-12-21(18,19)16-5-2-1-3-6-16/h1-3,5-10,13H,4,11-12H2. The number of benzene rings is 2. The maximum absolute atomic E-state index is 12.0. The lowest BCUT2D eigenvalue weighted by molar-refractivity contribution is 0.112. The molecule has 0 aliphatic heterocycles. The van der Waals surface area contributed by atoms with Gasteiger partial charge in [-0.25, -0.2) is 8.42 Å². The molecule has 21 heavy (non-hydrogen) atoms. The first-order chi connectivity index (χ1) is 10.1. The third-order valence-electron chi connectivity index (χ3n) is 2.94. The highest BCUT2D eigenvalue weighted by Gasteiger charge is 2.13. The molecule has 0 N–H and O–H groups in total. The summed E-state index contributed by atoms with van der Waals surface area (Å²) in [5.41, 5.74) is 0.578. The van der Waals surface area contributed by atoms with E-state index in [1.54, 1.807) is 54.6 Å². The summed E-state index contributed by atoms with van der Waals surface area (Å²) in [6.45, 7) is 0.312. The molecule has 0 fully saturated rings. The minimum absolute atomic E-state index is 0.0451. The number of carbonyl (C=O) groups is 1. The van der Waals surface area contributed by atoms with Crippen molar-refractivity contribution < 1.29 is 17.9 Å². The van der Waals surface area contributed by atoms with E-state index in [0.29, 0.717) is 29.2 Å². The van der Waals surface area contributed by atoms with Crippen LogP contribution in [-0.4, -0.2) is 27.1 Å². The molecule has 4 nitrogen and oxygen atoms in total. The van der Waals surface area contributed by atoms with Crippen LogP contribution in [-0.2, 0) is 9.84 Å². The van der Waals surface area contributed by atoms with Crippen molar-refractivity contribution in [2.45, 2.75) is 11.3 Å². The molecular weight excluding hydrogens is 288 g/mol. The summed E-state index contributed by atoms with van der Waals surface area (Å²) in [6, 6.07) is 15.1. The third-order valence-corrected chi connectivity index (χ3v) is 4.76. The fourth-order valence-corrected chi connectivity index (χ4v) is 3.13. The van der Waals surface area contributed by atoms with Crippen LogP contribution in [0, 0.1) is 0 Å². The normalized spacial score (nSPS) is 11.0. The number of hydrogen-bond acceptors (Lipinski definition) is 4. The summed E-state index contributed by atoms with van der Waals surface area (Å²) < 4.78 is 29.5. The van der Waals surface area contributed by atoms with Gasteiger partial charge in [-0.3, -0.25) is 4.79 Å². The second-order valence-corrected chi connectivity index (χ2v) is 6.63. The second-order valence-electron chi connectivity index (χ2n) is 4.52. The third kappa shape index (κ3) is 4.43. The van der Waals surface area contributed by atoms with Crippen molar-refractivity contribution in [2.24, 2.45) is 0 Å². The highest BCUT2D eigenvalue weighted by Crippen LogP contribution is 2.13. The van der Waals surface area contributed by atoms with Crippen molar-refractivity contribution in [1.29, 1.82) is 0 Å². The lowest BCUT2D eigenvalue weighted by Crippen LogP contribution is -2.10. The zero-order valence-electron chi connectivity index (χ0n) is 11.4. The van der Waals surface area contributed by atoms with E-state index in [4.69, 9.17) is 4.74 Å². The molecular formula is C16H16O4S. The van der Waals surface area contributed by atoms with Crippen LogP contribution in [0.3, 0.4) is 0 Å². The maximum Gasteiger partial charge on any atom is 0.178 e. The molecule has 110 valence electrons. The van der Waals surface area contributed by atoms with Crippen molar-refractivity contribution in [3.63, 3.8) is 0 Å². The molecule has 2 aromatic rings. The SMILES string of the molecule is O=Cc1ccc(OCCCS(=O)(=O)c2ccccc2)cc1. The quantitative estimate of drug-likeness (QED) is 0.583. The van der Waals surface area contributed by atoms with E-state index in [9.17, 15) is 13.2 Å². The van der Waals surface area contributed by atoms with Crippen LogP contribution >= 0.6 is 0 Å². The van der Waals surface area contributed by atoms with Crippen LogP contribution in [0.4, 0.5) is 0 Å². The number of hydrogen-bond donors (Lipinski definition) is 0. The second kappa shape index (κ2) is 7.04. The predicted octanol–water partition coefficient (Wildman–Crippen LogP) is 2.74. The van der Waals surface area contributed by atoms with E-state index in [1.807, 2.05) is 0 Å². The molecule has 0 radical (unpaired) electrons. The average Bonchev–Trinajstić information content (AvgIpc) is 2.53. The van der Waals surface area contributed by atoms with Crippen LogP contribution in [0.5, 0.6) is 5.75 Å². The molecule has 0 amide bonds. The largest absolute Gasteiger partial charge is 0.494 e. The van der Waals surface area contributed by atoms with E-state index >= 15 is 0 Å². The molecule has 5 heteroatoms. The topological polar surface area (TPSA) is 60.4 Å². The molecule has 0 aromatic heterocycles.